The molecule has 0 bridgehead atoms. The molecule has 0 atom stereocenters. The van der Waals surface area contributed by atoms with E-state index in [4.69, 9.17) is 9.47 Å². The van der Waals surface area contributed by atoms with Crippen LogP contribution in [0.1, 0.15) is 58.2 Å². The molecule has 0 N–H and O–H groups in total. The minimum atomic E-state index is -0.0301. The fourth-order valence-corrected chi connectivity index (χ4v) is 5.74. The molecule has 7 heteroatoms. The monoisotopic (exact) mass is 579 g/mol. The molecule has 1 fully saturated rings. The van der Waals surface area contributed by atoms with E-state index in [1.807, 2.05) is 83.5 Å². The highest BCUT2D eigenvalue weighted by atomic mass is 16.5. The van der Waals surface area contributed by atoms with E-state index in [9.17, 15) is 9.59 Å². The lowest BCUT2D eigenvalue weighted by Gasteiger charge is -2.35. The lowest BCUT2D eigenvalue weighted by Crippen LogP contribution is -2.50. The SMILES string of the molecule is CCCCCc1ccc(C(=O)N2CCN(C(=O)c3cc(-c4ccc(OC)cc4)n(-c4cccc(OC)c4)c3C)CC2)cc1. The molecule has 5 rings (SSSR count). The van der Waals surface area contributed by atoms with Gasteiger partial charge in [-0.25, -0.2) is 0 Å². The number of unbranched alkanes of at least 4 members (excludes halogenated alkanes) is 2. The lowest BCUT2D eigenvalue weighted by molar-refractivity contribution is 0.0535. The molecule has 0 radical (unpaired) electrons. The molecule has 0 saturated carbocycles. The molecule has 0 aliphatic carbocycles. The molecule has 1 aromatic heterocycles. The Hall–Kier alpha value is -4.52. The largest absolute Gasteiger partial charge is 0.497 e. The smallest absolute Gasteiger partial charge is 0.255 e. The van der Waals surface area contributed by atoms with Gasteiger partial charge in [0.15, 0.2) is 0 Å². The Morgan fingerprint density at radius 3 is 2.02 bits per heavy atom. The van der Waals surface area contributed by atoms with Crippen LogP contribution in [0.4, 0.5) is 0 Å². The van der Waals surface area contributed by atoms with Gasteiger partial charge in [-0.2, -0.15) is 0 Å². The van der Waals surface area contributed by atoms with E-state index < -0.39 is 0 Å². The molecule has 0 unspecified atom stereocenters. The quantitative estimate of drug-likeness (QED) is 0.194. The normalized spacial score (nSPS) is 13.2. The Balaban J connectivity index is 1.34. The summed E-state index contributed by atoms with van der Waals surface area (Å²) < 4.78 is 13.0. The molecule has 0 spiro atoms. The van der Waals surface area contributed by atoms with E-state index in [0.717, 1.165) is 40.6 Å². The van der Waals surface area contributed by atoms with Gasteiger partial charge >= 0.3 is 0 Å². The van der Waals surface area contributed by atoms with Gasteiger partial charge in [-0.1, -0.05) is 38.0 Å². The van der Waals surface area contributed by atoms with Crippen LogP contribution in [0.2, 0.25) is 0 Å². The molecular formula is C36H41N3O4. The minimum Gasteiger partial charge on any atom is -0.497 e. The lowest BCUT2D eigenvalue weighted by atomic mass is 10.0. The average Bonchev–Trinajstić information content (AvgIpc) is 3.41. The van der Waals surface area contributed by atoms with Gasteiger partial charge in [-0.15, -0.1) is 0 Å². The molecular weight excluding hydrogens is 538 g/mol. The maximum Gasteiger partial charge on any atom is 0.255 e. The predicted octanol–water partition coefficient (Wildman–Crippen LogP) is 6.80. The summed E-state index contributed by atoms with van der Waals surface area (Å²) in [5.41, 5.74) is 6.25. The van der Waals surface area contributed by atoms with Gasteiger partial charge in [0.05, 0.1) is 25.5 Å². The number of hydrogen-bond acceptors (Lipinski definition) is 4. The summed E-state index contributed by atoms with van der Waals surface area (Å²) in [6.07, 6.45) is 4.63. The number of amides is 2. The number of benzene rings is 3. The van der Waals surface area contributed by atoms with E-state index in [0.29, 0.717) is 37.3 Å². The van der Waals surface area contributed by atoms with E-state index in [1.165, 1.54) is 24.8 Å². The molecule has 3 aromatic carbocycles. The van der Waals surface area contributed by atoms with Gasteiger partial charge < -0.3 is 23.8 Å². The molecule has 2 amide bonds. The van der Waals surface area contributed by atoms with Crippen molar-refractivity contribution in [3.63, 3.8) is 0 Å². The number of hydrogen-bond donors (Lipinski definition) is 0. The molecule has 1 saturated heterocycles. The topological polar surface area (TPSA) is 64.0 Å². The van der Waals surface area contributed by atoms with E-state index in [-0.39, 0.29) is 11.8 Å². The molecule has 1 aliphatic rings. The van der Waals surface area contributed by atoms with Gasteiger partial charge in [0, 0.05) is 49.2 Å². The zero-order chi connectivity index (χ0) is 30.3. The molecule has 224 valence electrons. The Bertz CT molecular complexity index is 1550. The summed E-state index contributed by atoms with van der Waals surface area (Å²) in [5, 5.41) is 0. The number of aromatic nitrogens is 1. The van der Waals surface area contributed by atoms with Crippen molar-refractivity contribution in [2.24, 2.45) is 0 Å². The van der Waals surface area contributed by atoms with Crippen molar-refractivity contribution in [2.45, 2.75) is 39.5 Å². The van der Waals surface area contributed by atoms with Crippen molar-refractivity contribution >= 4 is 11.8 Å². The van der Waals surface area contributed by atoms with E-state index >= 15 is 0 Å². The number of aryl methyl sites for hydroxylation is 1. The van der Waals surface area contributed by atoms with Crippen molar-refractivity contribution in [3.8, 4) is 28.4 Å². The third kappa shape index (κ3) is 6.61. The van der Waals surface area contributed by atoms with Gasteiger partial charge in [0.1, 0.15) is 11.5 Å². The maximum atomic E-state index is 13.9. The molecule has 4 aromatic rings. The summed E-state index contributed by atoms with van der Waals surface area (Å²) in [7, 11) is 3.29. The first-order chi connectivity index (χ1) is 20.9. The first-order valence-corrected chi connectivity index (χ1v) is 15.1. The third-order valence-corrected chi connectivity index (χ3v) is 8.30. The van der Waals surface area contributed by atoms with Crippen LogP contribution in [-0.4, -0.2) is 66.6 Å². The summed E-state index contributed by atoms with van der Waals surface area (Å²) in [5.74, 6) is 1.50. The second-order valence-electron chi connectivity index (χ2n) is 11.0. The van der Waals surface area contributed by atoms with Crippen LogP contribution < -0.4 is 9.47 Å². The van der Waals surface area contributed by atoms with E-state index in [1.54, 1.807) is 14.2 Å². The fraction of sp³-hybridized carbons (Fsp3) is 0.333. The van der Waals surface area contributed by atoms with Crippen LogP contribution in [0.15, 0.2) is 78.9 Å². The number of methoxy groups -OCH3 is 2. The van der Waals surface area contributed by atoms with Crippen LogP contribution >= 0.6 is 0 Å². The fourth-order valence-electron chi connectivity index (χ4n) is 5.74. The Morgan fingerprint density at radius 1 is 0.744 bits per heavy atom. The number of rotatable bonds is 10. The number of nitrogens with zero attached hydrogens (tertiary/aromatic N) is 3. The Kier molecular flexibility index (Phi) is 9.50. The molecule has 43 heavy (non-hydrogen) atoms. The van der Waals surface area contributed by atoms with Crippen LogP contribution in [0.3, 0.4) is 0 Å². The zero-order valence-corrected chi connectivity index (χ0v) is 25.6. The second-order valence-corrected chi connectivity index (χ2v) is 11.0. The van der Waals surface area contributed by atoms with Crippen LogP contribution in [0.5, 0.6) is 11.5 Å². The molecule has 1 aliphatic heterocycles. The third-order valence-electron chi connectivity index (χ3n) is 8.30. The van der Waals surface area contributed by atoms with Crippen LogP contribution in [0.25, 0.3) is 16.9 Å². The zero-order valence-electron chi connectivity index (χ0n) is 25.6. The first-order valence-electron chi connectivity index (χ1n) is 15.1. The Labute approximate surface area is 254 Å². The minimum absolute atomic E-state index is 0.0226. The standard InChI is InChI=1S/C36H41N3O4/c1-5-6-7-9-27-12-14-29(15-13-27)35(40)37-20-22-38(23-21-37)36(41)33-25-34(28-16-18-31(42-3)19-17-28)39(26(33)2)30-10-8-11-32(24-30)43-4/h8,10-19,24-25H,5-7,9,20-23H2,1-4H3. The number of carbonyl (C=O) groups is 2. The maximum absolute atomic E-state index is 13.9. The van der Waals surface area contributed by atoms with Gasteiger partial charge in [-0.3, -0.25) is 9.59 Å². The van der Waals surface area contributed by atoms with Crippen molar-refractivity contribution in [1.29, 1.82) is 0 Å². The van der Waals surface area contributed by atoms with Crippen molar-refractivity contribution in [3.05, 3.63) is 101 Å². The van der Waals surface area contributed by atoms with Crippen molar-refractivity contribution in [2.75, 3.05) is 40.4 Å². The Morgan fingerprint density at radius 2 is 1.40 bits per heavy atom. The van der Waals surface area contributed by atoms with Crippen molar-refractivity contribution < 1.29 is 19.1 Å². The van der Waals surface area contributed by atoms with Gasteiger partial charge in [0.2, 0.25) is 0 Å². The van der Waals surface area contributed by atoms with E-state index in [2.05, 4.69) is 23.6 Å². The van der Waals surface area contributed by atoms with Crippen LogP contribution in [0, 0.1) is 6.92 Å². The number of carbonyl (C=O) groups excluding carboxylic acids is 2. The van der Waals surface area contributed by atoms with Gasteiger partial charge in [0.25, 0.3) is 11.8 Å². The molecule has 2 heterocycles. The highest BCUT2D eigenvalue weighted by molar-refractivity contribution is 5.98. The number of ether oxygens (including phenoxy) is 2. The highest BCUT2D eigenvalue weighted by Crippen LogP contribution is 2.32. The average molecular weight is 580 g/mol. The highest BCUT2D eigenvalue weighted by Gasteiger charge is 2.28. The summed E-state index contributed by atoms with van der Waals surface area (Å²) in [6.45, 7) is 6.16. The number of piperazine rings is 1. The van der Waals surface area contributed by atoms with Gasteiger partial charge in [-0.05, 0) is 85.5 Å². The summed E-state index contributed by atoms with van der Waals surface area (Å²) >= 11 is 0. The van der Waals surface area contributed by atoms with Crippen molar-refractivity contribution in [1.82, 2.24) is 14.4 Å². The summed E-state index contributed by atoms with van der Waals surface area (Å²) in [6, 6.07) is 25.7. The first kappa shape index (κ1) is 30.0. The second kappa shape index (κ2) is 13.6. The van der Waals surface area contributed by atoms with Crippen LogP contribution in [-0.2, 0) is 6.42 Å². The summed E-state index contributed by atoms with van der Waals surface area (Å²) in [4.78, 5) is 30.9. The predicted molar refractivity (Wildman–Crippen MR) is 171 cm³/mol. The molecule has 7 nitrogen and oxygen atoms in total.